The quantitative estimate of drug-likeness (QED) is 0.872. The van der Waals surface area contributed by atoms with Gasteiger partial charge in [-0.05, 0) is 42.5 Å². The molecule has 0 saturated heterocycles. The average molecular weight is 302 g/mol. The van der Waals surface area contributed by atoms with Gasteiger partial charge in [-0.3, -0.25) is 4.79 Å². The number of H-pyrrole nitrogens is 1. The Morgan fingerprint density at radius 1 is 1.36 bits per heavy atom. The van der Waals surface area contributed by atoms with Crippen molar-refractivity contribution in [2.24, 2.45) is 5.41 Å². The van der Waals surface area contributed by atoms with Crippen molar-refractivity contribution in [3.8, 4) is 0 Å². The van der Waals surface area contributed by atoms with Gasteiger partial charge in [0.05, 0.1) is 6.54 Å². The molecule has 0 atom stereocenters. The number of aromatic nitrogens is 1. The van der Waals surface area contributed by atoms with Gasteiger partial charge in [-0.2, -0.15) is 0 Å². The van der Waals surface area contributed by atoms with Gasteiger partial charge in [-0.25, -0.2) is 4.39 Å². The predicted molar refractivity (Wildman–Crippen MR) is 86.2 cm³/mol. The van der Waals surface area contributed by atoms with Crippen molar-refractivity contribution < 1.29 is 9.18 Å². The van der Waals surface area contributed by atoms with E-state index < -0.39 is 0 Å². The van der Waals surface area contributed by atoms with Crippen LogP contribution in [-0.4, -0.2) is 10.9 Å². The SMILES string of the molecule is CC(C)c1cc2[nH]c(CNC(=O)C3(C)CCC3)cc2cc1F. The first kappa shape index (κ1) is 15.1. The number of halogens is 1. The third kappa shape index (κ3) is 2.62. The summed E-state index contributed by atoms with van der Waals surface area (Å²) >= 11 is 0. The van der Waals surface area contributed by atoms with E-state index in [-0.39, 0.29) is 23.1 Å². The predicted octanol–water partition coefficient (Wildman–Crippen LogP) is 4.24. The van der Waals surface area contributed by atoms with Crippen LogP contribution in [0.4, 0.5) is 4.39 Å². The lowest BCUT2D eigenvalue weighted by Crippen LogP contribution is -2.43. The number of nitrogens with one attached hydrogen (secondary N) is 2. The molecule has 3 nitrogen and oxygen atoms in total. The van der Waals surface area contributed by atoms with Gasteiger partial charge in [-0.15, -0.1) is 0 Å². The largest absolute Gasteiger partial charge is 0.357 e. The molecule has 0 unspecified atom stereocenters. The minimum Gasteiger partial charge on any atom is -0.357 e. The first-order valence-corrected chi connectivity index (χ1v) is 7.98. The van der Waals surface area contributed by atoms with Crippen molar-refractivity contribution in [2.75, 3.05) is 0 Å². The Bertz CT molecular complexity index is 713. The van der Waals surface area contributed by atoms with Crippen LogP contribution in [0.2, 0.25) is 0 Å². The maximum absolute atomic E-state index is 14.0. The highest BCUT2D eigenvalue weighted by atomic mass is 19.1. The molecule has 22 heavy (non-hydrogen) atoms. The Morgan fingerprint density at radius 2 is 2.09 bits per heavy atom. The normalized spacial score (nSPS) is 16.8. The highest BCUT2D eigenvalue weighted by Crippen LogP contribution is 2.40. The van der Waals surface area contributed by atoms with Crippen LogP contribution in [0.15, 0.2) is 18.2 Å². The molecule has 2 N–H and O–H groups in total. The van der Waals surface area contributed by atoms with Crippen molar-refractivity contribution in [3.05, 3.63) is 35.3 Å². The maximum atomic E-state index is 14.0. The molecule has 0 bridgehead atoms. The van der Waals surface area contributed by atoms with E-state index in [0.29, 0.717) is 12.1 Å². The van der Waals surface area contributed by atoms with Gasteiger partial charge in [0.2, 0.25) is 5.91 Å². The summed E-state index contributed by atoms with van der Waals surface area (Å²) in [6.07, 6.45) is 3.07. The van der Waals surface area contributed by atoms with E-state index in [4.69, 9.17) is 0 Å². The molecule has 3 rings (SSSR count). The van der Waals surface area contributed by atoms with Crippen LogP contribution in [0.1, 0.15) is 57.2 Å². The Balaban J connectivity index is 1.76. The van der Waals surface area contributed by atoms with Crippen molar-refractivity contribution >= 4 is 16.8 Å². The van der Waals surface area contributed by atoms with Gasteiger partial charge in [-0.1, -0.05) is 27.2 Å². The number of carbonyl (C=O) groups is 1. The lowest BCUT2D eigenvalue weighted by atomic mass is 9.70. The molecule has 4 heteroatoms. The number of rotatable bonds is 4. The molecule has 0 spiro atoms. The van der Waals surface area contributed by atoms with E-state index in [1.807, 2.05) is 32.9 Å². The first-order chi connectivity index (χ1) is 10.4. The number of amides is 1. The fourth-order valence-corrected chi connectivity index (χ4v) is 3.09. The molecule has 1 aromatic carbocycles. The molecule has 2 aromatic rings. The second kappa shape index (κ2) is 5.41. The minimum absolute atomic E-state index is 0.117. The van der Waals surface area contributed by atoms with Crippen molar-refractivity contribution in [2.45, 2.75) is 52.5 Å². The van der Waals surface area contributed by atoms with E-state index in [1.54, 1.807) is 6.07 Å². The molecule has 1 fully saturated rings. The number of carbonyl (C=O) groups excluding carboxylic acids is 1. The number of fused-ring (bicyclic) bond motifs is 1. The first-order valence-electron chi connectivity index (χ1n) is 7.98. The molecule has 118 valence electrons. The third-order valence-corrected chi connectivity index (χ3v) is 4.86. The fraction of sp³-hybridized carbons (Fsp3) is 0.500. The zero-order chi connectivity index (χ0) is 15.9. The second-order valence-corrected chi connectivity index (χ2v) is 7.01. The summed E-state index contributed by atoms with van der Waals surface area (Å²) in [5, 5.41) is 3.84. The van der Waals surface area contributed by atoms with Crippen molar-refractivity contribution in [1.82, 2.24) is 10.3 Å². The Morgan fingerprint density at radius 3 is 2.68 bits per heavy atom. The summed E-state index contributed by atoms with van der Waals surface area (Å²) in [7, 11) is 0. The molecule has 1 heterocycles. The summed E-state index contributed by atoms with van der Waals surface area (Å²) in [4.78, 5) is 15.4. The molecule has 0 radical (unpaired) electrons. The van der Waals surface area contributed by atoms with Gasteiger partial charge in [0.25, 0.3) is 0 Å². The lowest BCUT2D eigenvalue weighted by Gasteiger charge is -2.36. The third-order valence-electron chi connectivity index (χ3n) is 4.86. The van der Waals surface area contributed by atoms with Crippen LogP contribution in [-0.2, 0) is 11.3 Å². The van der Waals surface area contributed by atoms with E-state index in [2.05, 4.69) is 10.3 Å². The summed E-state index contributed by atoms with van der Waals surface area (Å²) in [5.74, 6) is 0.0972. The standard InChI is InChI=1S/C18H23FN2O/c1-11(2)14-9-16-12(8-15(14)19)7-13(21-16)10-20-17(22)18(3)5-4-6-18/h7-9,11,21H,4-6,10H2,1-3H3,(H,20,22). The maximum Gasteiger partial charge on any atom is 0.226 e. The molecule has 1 aliphatic carbocycles. The second-order valence-electron chi connectivity index (χ2n) is 7.01. The van der Waals surface area contributed by atoms with Gasteiger partial charge in [0.15, 0.2) is 0 Å². The molecular formula is C18H23FN2O. The Hall–Kier alpha value is -1.84. The molecule has 0 aliphatic heterocycles. The molecule has 1 aliphatic rings. The lowest BCUT2D eigenvalue weighted by molar-refractivity contribution is -0.134. The zero-order valence-corrected chi connectivity index (χ0v) is 13.4. The van der Waals surface area contributed by atoms with E-state index in [1.165, 1.54) is 0 Å². The highest BCUT2D eigenvalue weighted by Gasteiger charge is 2.38. The molecule has 1 amide bonds. The zero-order valence-electron chi connectivity index (χ0n) is 13.4. The van der Waals surface area contributed by atoms with Crippen LogP contribution < -0.4 is 5.32 Å². The van der Waals surface area contributed by atoms with Gasteiger partial charge in [0, 0.05) is 22.0 Å². The van der Waals surface area contributed by atoms with E-state index >= 15 is 0 Å². The number of hydrogen-bond acceptors (Lipinski definition) is 1. The summed E-state index contributed by atoms with van der Waals surface area (Å²) in [5.41, 5.74) is 2.35. The Labute approximate surface area is 130 Å². The van der Waals surface area contributed by atoms with Crippen molar-refractivity contribution in [3.63, 3.8) is 0 Å². The minimum atomic E-state index is -0.192. The monoisotopic (exact) mass is 302 g/mol. The van der Waals surface area contributed by atoms with Crippen LogP contribution in [0, 0.1) is 11.2 Å². The summed E-state index contributed by atoms with van der Waals surface area (Å²) in [6, 6.07) is 5.35. The number of benzene rings is 1. The number of hydrogen-bond donors (Lipinski definition) is 2. The average Bonchev–Trinajstić information content (AvgIpc) is 2.82. The van der Waals surface area contributed by atoms with E-state index in [0.717, 1.165) is 35.9 Å². The molecule has 1 saturated carbocycles. The van der Waals surface area contributed by atoms with Crippen LogP contribution in [0.3, 0.4) is 0 Å². The van der Waals surface area contributed by atoms with E-state index in [9.17, 15) is 9.18 Å². The van der Waals surface area contributed by atoms with Crippen molar-refractivity contribution in [1.29, 1.82) is 0 Å². The summed E-state index contributed by atoms with van der Waals surface area (Å²) < 4.78 is 14.0. The van der Waals surface area contributed by atoms with Gasteiger partial charge < -0.3 is 10.3 Å². The Kier molecular flexibility index (Phi) is 3.71. The molecule has 1 aromatic heterocycles. The van der Waals surface area contributed by atoms with Crippen LogP contribution in [0.25, 0.3) is 10.9 Å². The van der Waals surface area contributed by atoms with Gasteiger partial charge in [0.1, 0.15) is 5.82 Å². The van der Waals surface area contributed by atoms with Gasteiger partial charge >= 0.3 is 0 Å². The topological polar surface area (TPSA) is 44.9 Å². The number of aromatic amines is 1. The van der Waals surface area contributed by atoms with Crippen LogP contribution in [0.5, 0.6) is 0 Å². The molecular weight excluding hydrogens is 279 g/mol. The van der Waals surface area contributed by atoms with Crippen LogP contribution >= 0.6 is 0 Å². The highest BCUT2D eigenvalue weighted by molar-refractivity contribution is 5.84. The smallest absolute Gasteiger partial charge is 0.226 e. The fourth-order valence-electron chi connectivity index (χ4n) is 3.09. The summed E-state index contributed by atoms with van der Waals surface area (Å²) in [6.45, 7) is 6.43.